The summed E-state index contributed by atoms with van der Waals surface area (Å²) < 4.78 is 27.4. The lowest BCUT2D eigenvalue weighted by Crippen LogP contribution is -2.57. The normalized spacial score (nSPS) is 13.6. The van der Waals surface area contributed by atoms with Gasteiger partial charge in [0.25, 0.3) is 0 Å². The molecule has 0 saturated heterocycles. The smallest absolute Gasteiger partial charge is 0.241 e. The molecule has 0 unspecified atom stereocenters. The summed E-state index contributed by atoms with van der Waals surface area (Å²) in [6.45, 7) is 10.0. The van der Waals surface area contributed by atoms with Crippen molar-refractivity contribution in [3.05, 3.63) is 23.3 Å². The fourth-order valence-corrected chi connectivity index (χ4v) is 3.18. The van der Waals surface area contributed by atoms with Gasteiger partial charge in [0, 0.05) is 5.69 Å². The summed E-state index contributed by atoms with van der Waals surface area (Å²) in [6, 6.07) is 3.01. The Morgan fingerprint density at radius 3 is 2.05 bits per heavy atom. The molecule has 0 amide bonds. The van der Waals surface area contributed by atoms with Crippen molar-refractivity contribution >= 4 is 15.7 Å². The predicted molar refractivity (Wildman–Crippen MR) is 81.0 cm³/mol. The van der Waals surface area contributed by atoms with Gasteiger partial charge >= 0.3 is 0 Å². The van der Waals surface area contributed by atoms with Gasteiger partial charge in [-0.05, 0) is 64.8 Å². The van der Waals surface area contributed by atoms with Crippen LogP contribution in [0.4, 0.5) is 5.69 Å². The molecule has 0 aliphatic heterocycles. The highest BCUT2D eigenvalue weighted by Crippen LogP contribution is 2.26. The van der Waals surface area contributed by atoms with Crippen LogP contribution >= 0.6 is 0 Å². The van der Waals surface area contributed by atoms with Gasteiger partial charge in [-0.25, -0.2) is 13.1 Å². The van der Waals surface area contributed by atoms with E-state index < -0.39 is 21.2 Å². The second kappa shape index (κ2) is 5.02. The Hall–Kier alpha value is -1.11. The fourth-order valence-electron chi connectivity index (χ4n) is 1.53. The molecule has 0 atom stereocenters. The van der Waals surface area contributed by atoms with Gasteiger partial charge in [-0.1, -0.05) is 0 Å². The number of rotatable bonds is 4. The maximum atomic E-state index is 12.4. The molecular formula is C14H24N2O3S. The van der Waals surface area contributed by atoms with E-state index in [1.165, 1.54) is 6.07 Å². The monoisotopic (exact) mass is 300 g/mol. The third-order valence-electron chi connectivity index (χ3n) is 3.91. The largest absolute Gasteiger partial charge is 0.398 e. The van der Waals surface area contributed by atoms with E-state index >= 15 is 0 Å². The van der Waals surface area contributed by atoms with Crippen LogP contribution in [0.1, 0.15) is 38.8 Å². The molecule has 0 fully saturated rings. The lowest BCUT2D eigenvalue weighted by molar-refractivity contribution is 0.00639. The standard InChI is InChI=1S/C14H24N2O3S/c1-9-7-11(8-12(15)10(9)2)20(18,19)16-13(3,4)14(5,6)17/h7-8,16-17H,15H2,1-6H3. The Balaban J connectivity index is 3.26. The zero-order valence-electron chi connectivity index (χ0n) is 12.9. The van der Waals surface area contributed by atoms with Crippen molar-refractivity contribution in [1.29, 1.82) is 0 Å². The summed E-state index contributed by atoms with van der Waals surface area (Å²) in [6.07, 6.45) is 0. The molecule has 6 heteroatoms. The molecule has 0 bridgehead atoms. The third-order valence-corrected chi connectivity index (χ3v) is 5.55. The number of nitrogen functional groups attached to an aromatic ring is 1. The van der Waals surface area contributed by atoms with E-state index in [1.807, 2.05) is 13.8 Å². The summed E-state index contributed by atoms with van der Waals surface area (Å²) in [7, 11) is -3.75. The number of nitrogens with two attached hydrogens (primary N) is 1. The van der Waals surface area contributed by atoms with E-state index in [1.54, 1.807) is 33.8 Å². The first kappa shape index (κ1) is 16.9. The van der Waals surface area contributed by atoms with Crippen LogP contribution in [-0.4, -0.2) is 24.7 Å². The highest BCUT2D eigenvalue weighted by atomic mass is 32.2. The first-order valence-electron chi connectivity index (χ1n) is 6.41. The first-order chi connectivity index (χ1) is 8.78. The lowest BCUT2D eigenvalue weighted by atomic mass is 9.87. The number of anilines is 1. The molecule has 114 valence electrons. The number of aryl methyl sites for hydroxylation is 1. The molecule has 20 heavy (non-hydrogen) atoms. The summed E-state index contributed by atoms with van der Waals surface area (Å²) in [5.74, 6) is 0. The molecule has 0 aromatic heterocycles. The number of sulfonamides is 1. The molecule has 5 nitrogen and oxygen atoms in total. The molecule has 0 saturated carbocycles. The predicted octanol–water partition coefficient (Wildman–Crippen LogP) is 1.71. The topological polar surface area (TPSA) is 92.4 Å². The minimum absolute atomic E-state index is 0.107. The fraction of sp³-hybridized carbons (Fsp3) is 0.571. The van der Waals surface area contributed by atoms with Crippen LogP contribution in [0.15, 0.2) is 17.0 Å². The van der Waals surface area contributed by atoms with Gasteiger partial charge in [0.2, 0.25) is 10.0 Å². The zero-order valence-corrected chi connectivity index (χ0v) is 13.7. The Labute approximate surface area is 121 Å². The van der Waals surface area contributed by atoms with E-state index in [0.29, 0.717) is 5.69 Å². The Kier molecular flexibility index (Phi) is 4.25. The van der Waals surface area contributed by atoms with Crippen molar-refractivity contribution in [1.82, 2.24) is 4.72 Å². The summed E-state index contributed by atoms with van der Waals surface area (Å²) in [5, 5.41) is 10.1. The van der Waals surface area contributed by atoms with Crippen LogP contribution < -0.4 is 10.5 Å². The van der Waals surface area contributed by atoms with Gasteiger partial charge in [0.1, 0.15) is 0 Å². The van der Waals surface area contributed by atoms with Crippen molar-refractivity contribution in [2.75, 3.05) is 5.73 Å². The molecule has 0 aliphatic rings. The molecule has 4 N–H and O–H groups in total. The van der Waals surface area contributed by atoms with Crippen LogP contribution in [-0.2, 0) is 10.0 Å². The average molecular weight is 300 g/mol. The van der Waals surface area contributed by atoms with Crippen molar-refractivity contribution < 1.29 is 13.5 Å². The van der Waals surface area contributed by atoms with Crippen molar-refractivity contribution in [2.45, 2.75) is 57.6 Å². The molecule has 0 spiro atoms. The lowest BCUT2D eigenvalue weighted by Gasteiger charge is -2.37. The number of hydrogen-bond donors (Lipinski definition) is 3. The number of aliphatic hydroxyl groups is 1. The molecule has 0 heterocycles. The quantitative estimate of drug-likeness (QED) is 0.738. The molecular weight excluding hydrogens is 276 g/mol. The van der Waals surface area contributed by atoms with Gasteiger partial charge in [-0.2, -0.15) is 0 Å². The van der Waals surface area contributed by atoms with Crippen molar-refractivity contribution in [3.63, 3.8) is 0 Å². The van der Waals surface area contributed by atoms with E-state index in [0.717, 1.165) is 11.1 Å². The van der Waals surface area contributed by atoms with E-state index in [9.17, 15) is 13.5 Å². The average Bonchev–Trinajstić information content (AvgIpc) is 2.22. The van der Waals surface area contributed by atoms with Crippen molar-refractivity contribution in [2.24, 2.45) is 0 Å². The second-order valence-electron chi connectivity index (χ2n) is 6.24. The Morgan fingerprint density at radius 2 is 1.65 bits per heavy atom. The van der Waals surface area contributed by atoms with Crippen molar-refractivity contribution in [3.8, 4) is 0 Å². The van der Waals surface area contributed by atoms with Crippen LogP contribution in [0.3, 0.4) is 0 Å². The summed E-state index contributed by atoms with van der Waals surface area (Å²) >= 11 is 0. The zero-order chi connectivity index (χ0) is 15.9. The Morgan fingerprint density at radius 1 is 1.15 bits per heavy atom. The Bertz CT molecular complexity index is 591. The summed E-state index contributed by atoms with van der Waals surface area (Å²) in [5.41, 5.74) is 5.72. The number of nitrogens with one attached hydrogen (secondary N) is 1. The minimum atomic E-state index is -3.75. The van der Waals surface area contributed by atoms with E-state index in [2.05, 4.69) is 4.72 Å². The first-order valence-corrected chi connectivity index (χ1v) is 7.89. The van der Waals surface area contributed by atoms with Gasteiger partial charge < -0.3 is 10.8 Å². The molecule has 1 aromatic rings. The maximum Gasteiger partial charge on any atom is 0.241 e. The van der Waals surface area contributed by atoms with Crippen LogP contribution in [0, 0.1) is 13.8 Å². The van der Waals surface area contributed by atoms with Crippen LogP contribution in [0.2, 0.25) is 0 Å². The third kappa shape index (κ3) is 3.31. The molecule has 0 radical (unpaired) electrons. The van der Waals surface area contributed by atoms with E-state index in [4.69, 9.17) is 5.73 Å². The van der Waals surface area contributed by atoms with Gasteiger partial charge in [-0.3, -0.25) is 0 Å². The van der Waals surface area contributed by atoms with Gasteiger partial charge in [0.05, 0.1) is 16.0 Å². The molecule has 1 rings (SSSR count). The van der Waals surface area contributed by atoms with E-state index in [-0.39, 0.29) is 4.90 Å². The molecule has 0 aliphatic carbocycles. The highest BCUT2D eigenvalue weighted by molar-refractivity contribution is 7.89. The van der Waals surface area contributed by atoms with Gasteiger partial charge in [-0.15, -0.1) is 0 Å². The number of hydrogen-bond acceptors (Lipinski definition) is 4. The summed E-state index contributed by atoms with van der Waals surface area (Å²) in [4.78, 5) is 0.107. The van der Waals surface area contributed by atoms with Gasteiger partial charge in [0.15, 0.2) is 0 Å². The SMILES string of the molecule is Cc1cc(S(=O)(=O)NC(C)(C)C(C)(C)O)cc(N)c1C. The number of benzene rings is 1. The minimum Gasteiger partial charge on any atom is -0.398 e. The highest BCUT2D eigenvalue weighted by Gasteiger charge is 2.38. The van der Waals surface area contributed by atoms with Crippen LogP contribution in [0.25, 0.3) is 0 Å². The molecule has 1 aromatic carbocycles. The van der Waals surface area contributed by atoms with Crippen LogP contribution in [0.5, 0.6) is 0 Å². The second-order valence-corrected chi connectivity index (χ2v) is 7.93. The maximum absolute atomic E-state index is 12.4.